The van der Waals surface area contributed by atoms with Crippen molar-refractivity contribution in [3.05, 3.63) is 81.0 Å². The Morgan fingerprint density at radius 2 is 1.71 bits per heavy atom. The lowest BCUT2D eigenvalue weighted by Crippen LogP contribution is -2.04. The summed E-state index contributed by atoms with van der Waals surface area (Å²) >= 11 is 18.0. The van der Waals surface area contributed by atoms with Gasteiger partial charge in [0.1, 0.15) is 18.1 Å². The summed E-state index contributed by atoms with van der Waals surface area (Å²) < 4.78 is 10.9. The number of rotatable bonds is 4. The van der Waals surface area contributed by atoms with E-state index in [-0.39, 0.29) is 6.61 Å². The molecule has 3 nitrogen and oxygen atoms in total. The summed E-state index contributed by atoms with van der Waals surface area (Å²) in [5, 5.41) is 1.42. The van der Waals surface area contributed by atoms with Crippen molar-refractivity contribution in [3.63, 3.8) is 0 Å². The predicted octanol–water partition coefficient (Wildman–Crippen LogP) is 6.26. The van der Waals surface area contributed by atoms with Crippen LogP contribution in [0.15, 0.2) is 59.0 Å². The number of carbonyl (C=O) groups is 1. The molecule has 0 aliphatic heterocycles. The smallest absolute Gasteiger partial charge is 0.338 e. The third kappa shape index (κ3) is 3.75. The van der Waals surface area contributed by atoms with Crippen molar-refractivity contribution in [2.24, 2.45) is 0 Å². The van der Waals surface area contributed by atoms with Crippen molar-refractivity contribution >= 4 is 40.8 Å². The number of hydrogen-bond donors (Lipinski definition) is 0. The van der Waals surface area contributed by atoms with Crippen LogP contribution in [0.1, 0.15) is 16.1 Å². The second kappa shape index (κ2) is 7.31. The summed E-state index contributed by atoms with van der Waals surface area (Å²) in [5.41, 5.74) is 1.10. The Morgan fingerprint density at radius 3 is 2.46 bits per heavy atom. The van der Waals surface area contributed by atoms with Crippen LogP contribution >= 0.6 is 34.8 Å². The minimum atomic E-state index is -0.453. The van der Waals surface area contributed by atoms with Gasteiger partial charge in [0.25, 0.3) is 0 Å². The van der Waals surface area contributed by atoms with E-state index in [0.717, 1.165) is 0 Å². The molecule has 0 radical (unpaired) electrons. The van der Waals surface area contributed by atoms with Crippen LogP contribution in [0.25, 0.3) is 11.3 Å². The molecule has 0 N–H and O–H groups in total. The lowest BCUT2D eigenvalue weighted by atomic mass is 10.2. The molecule has 0 saturated heterocycles. The Labute approximate surface area is 153 Å². The summed E-state index contributed by atoms with van der Waals surface area (Å²) in [4.78, 5) is 12.0. The van der Waals surface area contributed by atoms with Gasteiger partial charge in [-0.05, 0) is 48.5 Å². The van der Waals surface area contributed by atoms with E-state index in [0.29, 0.717) is 37.7 Å². The highest BCUT2D eigenvalue weighted by molar-refractivity contribution is 6.43. The van der Waals surface area contributed by atoms with Crippen LogP contribution in [0.4, 0.5) is 0 Å². The number of esters is 1. The van der Waals surface area contributed by atoms with Gasteiger partial charge in [-0.2, -0.15) is 0 Å². The highest BCUT2D eigenvalue weighted by atomic mass is 35.5. The van der Waals surface area contributed by atoms with Crippen LogP contribution in [0, 0.1) is 0 Å². The van der Waals surface area contributed by atoms with E-state index in [1.807, 2.05) is 0 Å². The monoisotopic (exact) mass is 380 g/mol. The van der Waals surface area contributed by atoms with Gasteiger partial charge in [0, 0.05) is 10.6 Å². The molecular weight excluding hydrogens is 371 g/mol. The Bertz CT molecular complexity index is 869. The van der Waals surface area contributed by atoms with Crippen molar-refractivity contribution in [1.82, 2.24) is 0 Å². The van der Waals surface area contributed by atoms with E-state index in [4.69, 9.17) is 44.0 Å². The largest absolute Gasteiger partial charge is 0.457 e. The van der Waals surface area contributed by atoms with Crippen molar-refractivity contribution < 1.29 is 13.9 Å². The first kappa shape index (κ1) is 16.9. The van der Waals surface area contributed by atoms with Crippen LogP contribution < -0.4 is 0 Å². The normalized spacial score (nSPS) is 10.6. The van der Waals surface area contributed by atoms with Crippen molar-refractivity contribution in [1.29, 1.82) is 0 Å². The number of carbonyl (C=O) groups excluding carboxylic acids is 1. The second-order valence-corrected chi connectivity index (χ2v) is 6.17. The fraction of sp³-hybridized carbons (Fsp3) is 0.0556. The number of furan rings is 1. The molecule has 3 rings (SSSR count). The fourth-order valence-corrected chi connectivity index (χ4v) is 2.62. The maximum atomic E-state index is 12.0. The topological polar surface area (TPSA) is 39.4 Å². The van der Waals surface area contributed by atoms with Crippen LogP contribution in [-0.2, 0) is 11.3 Å². The van der Waals surface area contributed by atoms with Crippen molar-refractivity contribution in [3.8, 4) is 11.3 Å². The third-order valence-electron chi connectivity index (χ3n) is 3.30. The molecule has 0 saturated carbocycles. The summed E-state index contributed by atoms with van der Waals surface area (Å²) in [7, 11) is 0. The zero-order valence-corrected chi connectivity index (χ0v) is 14.5. The lowest BCUT2D eigenvalue weighted by molar-refractivity contribution is 0.0446. The molecule has 1 heterocycles. The maximum absolute atomic E-state index is 12.0. The molecule has 3 aromatic rings. The average Bonchev–Trinajstić information content (AvgIpc) is 3.04. The molecule has 2 aromatic carbocycles. The molecule has 122 valence electrons. The number of hydrogen-bond acceptors (Lipinski definition) is 3. The molecule has 0 amide bonds. The summed E-state index contributed by atoms with van der Waals surface area (Å²) in [6.07, 6.45) is 0. The zero-order chi connectivity index (χ0) is 17.1. The van der Waals surface area contributed by atoms with Crippen LogP contribution in [0.5, 0.6) is 0 Å². The number of benzene rings is 2. The second-order valence-electron chi connectivity index (χ2n) is 4.95. The highest BCUT2D eigenvalue weighted by Gasteiger charge is 2.13. The molecule has 0 spiro atoms. The van der Waals surface area contributed by atoms with E-state index in [2.05, 4.69) is 0 Å². The molecule has 0 aliphatic rings. The van der Waals surface area contributed by atoms with Crippen LogP contribution in [0.2, 0.25) is 15.1 Å². The standard InChI is InChI=1S/C18H11Cl3O3/c19-12-6-4-11(5-7-12)18(22)23-10-13-8-9-16(24-13)14-2-1-3-15(20)17(14)21/h1-9H,10H2. The van der Waals surface area contributed by atoms with Crippen LogP contribution in [-0.4, -0.2) is 5.97 Å². The van der Waals surface area contributed by atoms with Gasteiger partial charge in [0.05, 0.1) is 15.6 Å². The predicted molar refractivity (Wildman–Crippen MR) is 94.7 cm³/mol. The fourth-order valence-electron chi connectivity index (χ4n) is 2.10. The first-order valence-electron chi connectivity index (χ1n) is 7.00. The van der Waals surface area contributed by atoms with Gasteiger partial charge in [-0.3, -0.25) is 0 Å². The SMILES string of the molecule is O=C(OCc1ccc(-c2cccc(Cl)c2Cl)o1)c1ccc(Cl)cc1. The molecule has 1 aromatic heterocycles. The lowest BCUT2D eigenvalue weighted by Gasteiger charge is -2.04. The minimum absolute atomic E-state index is 0.0135. The van der Waals surface area contributed by atoms with Gasteiger partial charge < -0.3 is 9.15 Å². The van der Waals surface area contributed by atoms with Gasteiger partial charge in [-0.1, -0.05) is 40.9 Å². The van der Waals surface area contributed by atoms with E-state index in [9.17, 15) is 4.79 Å². The molecule has 0 atom stereocenters. The van der Waals surface area contributed by atoms with Gasteiger partial charge in [0.15, 0.2) is 0 Å². The quantitative estimate of drug-likeness (QED) is 0.500. The molecule has 6 heteroatoms. The Hall–Kier alpha value is -1.94. The van der Waals surface area contributed by atoms with Gasteiger partial charge in [-0.25, -0.2) is 4.79 Å². The van der Waals surface area contributed by atoms with E-state index in [1.165, 1.54) is 0 Å². The molecule has 0 fully saturated rings. The first-order chi connectivity index (χ1) is 11.5. The maximum Gasteiger partial charge on any atom is 0.338 e. The van der Waals surface area contributed by atoms with Crippen molar-refractivity contribution in [2.45, 2.75) is 6.61 Å². The van der Waals surface area contributed by atoms with E-state index >= 15 is 0 Å². The average molecular weight is 382 g/mol. The summed E-state index contributed by atoms with van der Waals surface area (Å²) in [5.74, 6) is 0.605. The number of halogens is 3. The zero-order valence-electron chi connectivity index (χ0n) is 12.3. The van der Waals surface area contributed by atoms with Gasteiger partial charge in [-0.15, -0.1) is 0 Å². The van der Waals surface area contributed by atoms with Gasteiger partial charge in [0.2, 0.25) is 0 Å². The molecule has 24 heavy (non-hydrogen) atoms. The molecular formula is C18H11Cl3O3. The Kier molecular flexibility index (Phi) is 5.14. The first-order valence-corrected chi connectivity index (χ1v) is 8.14. The number of ether oxygens (including phenoxy) is 1. The van der Waals surface area contributed by atoms with E-state index in [1.54, 1.807) is 54.6 Å². The van der Waals surface area contributed by atoms with E-state index < -0.39 is 5.97 Å². The molecule has 0 unspecified atom stereocenters. The van der Waals surface area contributed by atoms with Gasteiger partial charge >= 0.3 is 5.97 Å². The molecule has 0 bridgehead atoms. The Morgan fingerprint density at radius 1 is 0.958 bits per heavy atom. The van der Waals surface area contributed by atoms with Crippen LogP contribution in [0.3, 0.4) is 0 Å². The Balaban J connectivity index is 1.69. The highest BCUT2D eigenvalue weighted by Crippen LogP contribution is 2.34. The summed E-state index contributed by atoms with van der Waals surface area (Å²) in [6.45, 7) is 0.0135. The van der Waals surface area contributed by atoms with Crippen molar-refractivity contribution in [2.75, 3.05) is 0 Å². The third-order valence-corrected chi connectivity index (χ3v) is 4.38. The molecule has 0 aliphatic carbocycles. The minimum Gasteiger partial charge on any atom is -0.457 e. The summed E-state index contributed by atoms with van der Waals surface area (Å²) in [6, 6.07) is 15.2.